The number of aromatic nitrogens is 1. The number of pyridine rings is 1. The normalized spacial score (nSPS) is 12.0. The summed E-state index contributed by atoms with van der Waals surface area (Å²) in [6, 6.07) is 19.7. The molecule has 3 nitrogen and oxygen atoms in total. The third-order valence-corrected chi connectivity index (χ3v) is 4.37. The van der Waals surface area contributed by atoms with Crippen LogP contribution in [0.4, 0.5) is 5.69 Å². The Bertz CT molecular complexity index is 789. The first-order valence-corrected chi connectivity index (χ1v) is 7.98. The Labute approximate surface area is 133 Å². The zero-order valence-electron chi connectivity index (χ0n) is 12.2. The molecule has 110 valence electrons. The largest absolute Gasteiger partial charge is 0.325 e. The summed E-state index contributed by atoms with van der Waals surface area (Å²) in [5, 5.41) is 5.89. The Morgan fingerprint density at radius 1 is 1.05 bits per heavy atom. The van der Waals surface area contributed by atoms with E-state index in [1.54, 1.807) is 6.20 Å². The van der Waals surface area contributed by atoms with Crippen molar-refractivity contribution in [1.29, 1.82) is 0 Å². The summed E-state index contributed by atoms with van der Waals surface area (Å²) in [6.07, 6.45) is 1.73. The second-order valence-electron chi connectivity index (χ2n) is 4.98. The second-order valence-corrected chi connectivity index (χ2v) is 6.34. The minimum absolute atomic E-state index is 0.0223. The molecule has 0 fully saturated rings. The van der Waals surface area contributed by atoms with Gasteiger partial charge in [-0.05, 0) is 42.0 Å². The van der Waals surface area contributed by atoms with Gasteiger partial charge in [-0.3, -0.25) is 4.79 Å². The van der Waals surface area contributed by atoms with Gasteiger partial charge < -0.3 is 5.32 Å². The van der Waals surface area contributed by atoms with Gasteiger partial charge in [-0.15, -0.1) is 0 Å². The van der Waals surface area contributed by atoms with Crippen LogP contribution in [0.15, 0.2) is 71.9 Å². The number of carbonyl (C=O) groups is 1. The quantitative estimate of drug-likeness (QED) is 0.728. The van der Waals surface area contributed by atoms with Gasteiger partial charge in [0.1, 0.15) is 0 Å². The van der Waals surface area contributed by atoms with E-state index < -0.39 is 0 Å². The molecule has 1 amide bonds. The molecule has 0 saturated carbocycles. The molecule has 1 aromatic heterocycles. The number of fused-ring (bicyclic) bond motifs is 1. The average molecular weight is 308 g/mol. The Kier molecular flexibility index (Phi) is 4.39. The fraction of sp³-hybridized carbons (Fsp3) is 0.111. The van der Waals surface area contributed by atoms with Gasteiger partial charge in [0.05, 0.1) is 10.3 Å². The molecular formula is C18H16N2OS. The van der Waals surface area contributed by atoms with E-state index in [1.807, 2.05) is 61.5 Å². The molecule has 0 spiro atoms. The molecule has 1 heterocycles. The molecule has 1 unspecified atom stereocenters. The van der Waals surface area contributed by atoms with Crippen LogP contribution < -0.4 is 5.32 Å². The second kappa shape index (κ2) is 6.62. The predicted octanol–water partition coefficient (Wildman–Crippen LogP) is 4.35. The van der Waals surface area contributed by atoms with Crippen molar-refractivity contribution in [2.45, 2.75) is 17.2 Å². The van der Waals surface area contributed by atoms with Crippen LogP contribution in [-0.2, 0) is 4.79 Å². The summed E-state index contributed by atoms with van der Waals surface area (Å²) in [5.74, 6) is -0.0223. The van der Waals surface area contributed by atoms with Crippen LogP contribution in [-0.4, -0.2) is 16.1 Å². The van der Waals surface area contributed by atoms with Gasteiger partial charge in [0.2, 0.25) is 5.91 Å². The number of hydrogen-bond acceptors (Lipinski definition) is 3. The molecule has 0 radical (unpaired) electrons. The lowest BCUT2D eigenvalue weighted by Crippen LogP contribution is -2.22. The molecule has 3 rings (SSSR count). The van der Waals surface area contributed by atoms with Crippen molar-refractivity contribution < 1.29 is 4.79 Å². The van der Waals surface area contributed by atoms with E-state index in [0.717, 1.165) is 21.5 Å². The summed E-state index contributed by atoms with van der Waals surface area (Å²) in [4.78, 5) is 16.5. The number of nitrogens with one attached hydrogen (secondary N) is 1. The lowest BCUT2D eigenvalue weighted by atomic mass is 10.1. The molecule has 22 heavy (non-hydrogen) atoms. The highest BCUT2D eigenvalue weighted by atomic mass is 32.2. The third kappa shape index (κ3) is 3.46. The van der Waals surface area contributed by atoms with E-state index in [9.17, 15) is 4.79 Å². The maximum absolute atomic E-state index is 12.3. The SMILES string of the molecule is CC(Sc1ccccn1)C(=O)Nc1ccc2ccccc2c1. The Balaban J connectivity index is 1.69. The maximum atomic E-state index is 12.3. The highest BCUT2D eigenvalue weighted by Crippen LogP contribution is 2.23. The fourth-order valence-electron chi connectivity index (χ4n) is 2.16. The number of carbonyl (C=O) groups excluding carboxylic acids is 1. The standard InChI is InChI=1S/C18H16N2OS/c1-13(22-17-8-4-5-11-19-17)18(21)20-16-10-9-14-6-2-3-7-15(14)12-16/h2-13H,1H3,(H,20,21). The van der Waals surface area contributed by atoms with Crippen molar-refractivity contribution in [3.63, 3.8) is 0 Å². The number of thioether (sulfide) groups is 1. The Morgan fingerprint density at radius 3 is 2.59 bits per heavy atom. The molecule has 3 aromatic rings. The zero-order chi connectivity index (χ0) is 15.4. The summed E-state index contributed by atoms with van der Waals surface area (Å²) >= 11 is 1.45. The molecule has 0 aliphatic rings. The molecule has 0 aliphatic heterocycles. The first kappa shape index (κ1) is 14.6. The van der Waals surface area contributed by atoms with Gasteiger partial charge in [0.25, 0.3) is 0 Å². The van der Waals surface area contributed by atoms with Crippen LogP contribution in [0.1, 0.15) is 6.92 Å². The van der Waals surface area contributed by atoms with Crippen molar-refractivity contribution >= 4 is 34.1 Å². The summed E-state index contributed by atoms with van der Waals surface area (Å²) < 4.78 is 0. The number of rotatable bonds is 4. The summed E-state index contributed by atoms with van der Waals surface area (Å²) in [7, 11) is 0. The summed E-state index contributed by atoms with van der Waals surface area (Å²) in [5.41, 5.74) is 0.817. The average Bonchev–Trinajstić information content (AvgIpc) is 2.55. The first-order valence-electron chi connectivity index (χ1n) is 7.10. The van der Waals surface area contributed by atoms with Gasteiger partial charge in [0, 0.05) is 11.9 Å². The van der Waals surface area contributed by atoms with Gasteiger partial charge >= 0.3 is 0 Å². The smallest absolute Gasteiger partial charge is 0.237 e. The zero-order valence-corrected chi connectivity index (χ0v) is 13.0. The molecule has 0 bridgehead atoms. The monoisotopic (exact) mass is 308 g/mol. The van der Waals surface area contributed by atoms with E-state index in [2.05, 4.69) is 16.4 Å². The predicted molar refractivity (Wildman–Crippen MR) is 92.1 cm³/mol. The summed E-state index contributed by atoms with van der Waals surface area (Å²) in [6.45, 7) is 1.88. The van der Waals surface area contributed by atoms with Crippen LogP contribution in [0.3, 0.4) is 0 Å². The third-order valence-electron chi connectivity index (χ3n) is 3.32. The number of anilines is 1. The van der Waals surface area contributed by atoms with Gasteiger partial charge in [-0.1, -0.05) is 48.2 Å². The molecule has 0 saturated heterocycles. The van der Waals surface area contributed by atoms with Crippen molar-refractivity contribution in [3.05, 3.63) is 66.9 Å². The van der Waals surface area contributed by atoms with Crippen LogP contribution in [0.25, 0.3) is 10.8 Å². The number of benzene rings is 2. The van der Waals surface area contributed by atoms with E-state index in [0.29, 0.717) is 0 Å². The number of nitrogens with zero attached hydrogens (tertiary/aromatic N) is 1. The lowest BCUT2D eigenvalue weighted by Gasteiger charge is -2.12. The minimum Gasteiger partial charge on any atom is -0.325 e. The Hall–Kier alpha value is -2.33. The fourth-order valence-corrected chi connectivity index (χ4v) is 2.97. The first-order chi connectivity index (χ1) is 10.7. The minimum atomic E-state index is -0.207. The molecule has 0 aliphatic carbocycles. The van der Waals surface area contributed by atoms with E-state index >= 15 is 0 Å². The molecule has 2 aromatic carbocycles. The topological polar surface area (TPSA) is 42.0 Å². The number of hydrogen-bond donors (Lipinski definition) is 1. The van der Waals surface area contributed by atoms with E-state index in [1.165, 1.54) is 11.8 Å². The molecule has 1 N–H and O–H groups in total. The highest BCUT2D eigenvalue weighted by Gasteiger charge is 2.15. The molecule has 4 heteroatoms. The van der Waals surface area contributed by atoms with Gasteiger partial charge in [-0.25, -0.2) is 4.98 Å². The van der Waals surface area contributed by atoms with Gasteiger partial charge in [0.15, 0.2) is 0 Å². The van der Waals surface area contributed by atoms with Crippen molar-refractivity contribution in [2.24, 2.45) is 0 Å². The van der Waals surface area contributed by atoms with E-state index in [-0.39, 0.29) is 11.2 Å². The molecular weight excluding hydrogens is 292 g/mol. The van der Waals surface area contributed by atoms with Crippen LogP contribution in [0.2, 0.25) is 0 Å². The van der Waals surface area contributed by atoms with Gasteiger partial charge in [-0.2, -0.15) is 0 Å². The van der Waals surface area contributed by atoms with Crippen LogP contribution >= 0.6 is 11.8 Å². The van der Waals surface area contributed by atoms with Crippen LogP contribution in [0.5, 0.6) is 0 Å². The highest BCUT2D eigenvalue weighted by molar-refractivity contribution is 8.00. The van der Waals surface area contributed by atoms with Crippen molar-refractivity contribution in [1.82, 2.24) is 4.98 Å². The Morgan fingerprint density at radius 2 is 1.82 bits per heavy atom. The maximum Gasteiger partial charge on any atom is 0.237 e. The molecule has 1 atom stereocenters. The van der Waals surface area contributed by atoms with E-state index in [4.69, 9.17) is 0 Å². The van der Waals surface area contributed by atoms with Crippen LogP contribution in [0, 0.1) is 0 Å². The van der Waals surface area contributed by atoms with Crippen molar-refractivity contribution in [3.8, 4) is 0 Å². The number of amides is 1. The van der Waals surface area contributed by atoms with Crippen molar-refractivity contribution in [2.75, 3.05) is 5.32 Å². The lowest BCUT2D eigenvalue weighted by molar-refractivity contribution is -0.115.